The molecule has 2 aromatic carbocycles. The number of benzene rings is 3. The van der Waals surface area contributed by atoms with Gasteiger partial charge in [0.25, 0.3) is 0 Å². The van der Waals surface area contributed by atoms with Crippen LogP contribution in [-0.2, 0) is 16.0 Å². The fourth-order valence-corrected chi connectivity index (χ4v) is 6.41. The molecule has 0 unspecified atom stereocenters. The standard InChI is InChI=1S/C32H35N3O3/c33-25-8-10-27-29(20-25)38-30-21-26(35-14-2-1-3-15-35)9-11-28(30)31(27)24-6-4-23(5-7-24)22-34-16-12-32(13-17-34)36-18-19-37-32/h4-11,20-21,33H,1-3,12-19,22H2. The fourth-order valence-electron chi connectivity index (χ4n) is 6.41. The van der Waals surface area contributed by atoms with Crippen molar-refractivity contribution in [3.8, 4) is 22.5 Å². The average molecular weight is 510 g/mol. The largest absolute Gasteiger partial charge is 0.456 e. The summed E-state index contributed by atoms with van der Waals surface area (Å²) in [5, 5.41) is 9.75. The number of fused-ring (bicyclic) bond motifs is 2. The second-order valence-electron chi connectivity index (χ2n) is 11.0. The predicted octanol–water partition coefficient (Wildman–Crippen LogP) is 6.01. The molecule has 5 aliphatic rings. The summed E-state index contributed by atoms with van der Waals surface area (Å²) >= 11 is 0. The molecule has 0 bridgehead atoms. The number of anilines is 1. The van der Waals surface area contributed by atoms with Crippen LogP contribution >= 0.6 is 0 Å². The molecule has 1 spiro atoms. The lowest BCUT2D eigenvalue weighted by Crippen LogP contribution is -2.44. The number of hydrogen-bond acceptors (Lipinski definition) is 6. The van der Waals surface area contributed by atoms with E-state index in [1.807, 2.05) is 18.2 Å². The van der Waals surface area contributed by atoms with Crippen molar-refractivity contribution in [3.63, 3.8) is 0 Å². The molecule has 1 N–H and O–H groups in total. The van der Waals surface area contributed by atoms with E-state index in [0.717, 1.165) is 81.1 Å². The van der Waals surface area contributed by atoms with Gasteiger partial charge in [-0.25, -0.2) is 0 Å². The van der Waals surface area contributed by atoms with E-state index in [1.54, 1.807) is 0 Å². The van der Waals surface area contributed by atoms with E-state index in [0.29, 0.717) is 5.36 Å². The molecule has 1 aliphatic carbocycles. The van der Waals surface area contributed by atoms with E-state index in [9.17, 15) is 0 Å². The molecular weight excluding hydrogens is 474 g/mol. The quantitative estimate of drug-likeness (QED) is 0.341. The van der Waals surface area contributed by atoms with Crippen LogP contribution in [0.1, 0.15) is 37.7 Å². The normalized spacial score (nSPS) is 20.1. The van der Waals surface area contributed by atoms with Crippen molar-refractivity contribution in [1.29, 1.82) is 5.41 Å². The highest BCUT2D eigenvalue weighted by molar-refractivity contribution is 6.02. The summed E-state index contributed by atoms with van der Waals surface area (Å²) in [4.78, 5) is 4.96. The maximum atomic E-state index is 8.18. The Balaban J connectivity index is 1.20. The maximum absolute atomic E-state index is 8.18. The summed E-state index contributed by atoms with van der Waals surface area (Å²) in [6, 6.07) is 21.4. The van der Waals surface area contributed by atoms with Crippen molar-refractivity contribution in [1.82, 2.24) is 4.90 Å². The van der Waals surface area contributed by atoms with Crippen LogP contribution in [-0.4, -0.2) is 50.1 Å². The van der Waals surface area contributed by atoms with Gasteiger partial charge in [-0.3, -0.25) is 4.90 Å². The van der Waals surface area contributed by atoms with E-state index in [2.05, 4.69) is 52.3 Å². The van der Waals surface area contributed by atoms with Crippen LogP contribution in [0, 0.1) is 5.41 Å². The van der Waals surface area contributed by atoms with E-state index in [1.165, 1.54) is 41.6 Å². The summed E-state index contributed by atoms with van der Waals surface area (Å²) in [6.45, 7) is 6.56. The molecule has 196 valence electrons. The van der Waals surface area contributed by atoms with Crippen LogP contribution in [0.25, 0.3) is 33.4 Å². The first-order chi connectivity index (χ1) is 18.7. The number of hydrogen-bond donors (Lipinski definition) is 1. The lowest BCUT2D eigenvalue weighted by molar-refractivity contribution is -0.185. The molecule has 38 heavy (non-hydrogen) atoms. The number of nitrogens with one attached hydrogen (secondary N) is 1. The zero-order valence-electron chi connectivity index (χ0n) is 21.9. The molecule has 0 atom stereocenters. The van der Waals surface area contributed by atoms with Crippen LogP contribution in [0.3, 0.4) is 0 Å². The van der Waals surface area contributed by atoms with Crippen LogP contribution in [0.5, 0.6) is 0 Å². The van der Waals surface area contributed by atoms with Crippen LogP contribution in [0.2, 0.25) is 0 Å². The van der Waals surface area contributed by atoms with E-state index in [4.69, 9.17) is 19.3 Å². The molecule has 7 rings (SSSR count). The summed E-state index contributed by atoms with van der Waals surface area (Å²) in [6.07, 6.45) is 5.67. The SMILES string of the molecule is N=c1ccc2c(-c3ccc(CN4CCC5(CC4)OCCO5)cc3)c3ccc(N4CCCCC4)cc3oc-2c1. The molecule has 0 radical (unpaired) electrons. The molecule has 3 saturated heterocycles. The zero-order chi connectivity index (χ0) is 25.5. The van der Waals surface area contributed by atoms with Crippen molar-refractivity contribution in [3.05, 3.63) is 71.6 Å². The van der Waals surface area contributed by atoms with Crippen molar-refractivity contribution in [2.75, 3.05) is 44.3 Å². The molecule has 4 heterocycles. The number of likely N-dealkylation sites (tertiary alicyclic amines) is 1. The van der Waals surface area contributed by atoms with Gasteiger partial charge in [0.1, 0.15) is 11.3 Å². The number of ether oxygens (including phenoxy) is 2. The number of piperidine rings is 2. The van der Waals surface area contributed by atoms with Gasteiger partial charge in [-0.1, -0.05) is 24.3 Å². The van der Waals surface area contributed by atoms with Gasteiger partial charge in [0.2, 0.25) is 0 Å². The topological polar surface area (TPSA) is 61.9 Å². The second kappa shape index (κ2) is 9.84. The van der Waals surface area contributed by atoms with Crippen molar-refractivity contribution >= 4 is 16.7 Å². The summed E-state index contributed by atoms with van der Waals surface area (Å²) in [5.41, 5.74) is 6.81. The van der Waals surface area contributed by atoms with Crippen LogP contribution in [0.15, 0.2) is 65.1 Å². The average Bonchev–Trinajstić information content (AvgIpc) is 3.41. The molecule has 3 fully saturated rings. The molecule has 0 amide bonds. The van der Waals surface area contributed by atoms with E-state index >= 15 is 0 Å². The molecular formula is C32H35N3O3. The Labute approximate surface area is 223 Å². The number of rotatable bonds is 4. The Bertz CT molecular complexity index is 1460. The Morgan fingerprint density at radius 1 is 0.789 bits per heavy atom. The Hall–Kier alpha value is -3.19. The molecule has 0 saturated carbocycles. The third kappa shape index (κ3) is 4.51. The van der Waals surface area contributed by atoms with Gasteiger partial charge in [-0.15, -0.1) is 0 Å². The highest BCUT2D eigenvalue weighted by atomic mass is 16.7. The van der Waals surface area contributed by atoms with Crippen molar-refractivity contribution in [2.24, 2.45) is 0 Å². The third-order valence-corrected chi connectivity index (χ3v) is 8.51. The van der Waals surface area contributed by atoms with E-state index < -0.39 is 0 Å². The highest BCUT2D eigenvalue weighted by Gasteiger charge is 2.39. The van der Waals surface area contributed by atoms with Gasteiger partial charge >= 0.3 is 0 Å². The van der Waals surface area contributed by atoms with Gasteiger partial charge in [-0.05, 0) is 54.7 Å². The fraction of sp³-hybridized carbons (Fsp3) is 0.406. The summed E-state index contributed by atoms with van der Waals surface area (Å²) in [5.74, 6) is 0.437. The first kappa shape index (κ1) is 23.9. The molecule has 2 aromatic rings. The second-order valence-corrected chi connectivity index (χ2v) is 11.0. The summed E-state index contributed by atoms with van der Waals surface area (Å²) in [7, 11) is 0. The molecule has 6 heteroatoms. The zero-order valence-corrected chi connectivity index (χ0v) is 21.9. The summed E-state index contributed by atoms with van der Waals surface area (Å²) < 4.78 is 18.2. The van der Waals surface area contributed by atoms with Gasteiger partial charge < -0.3 is 24.2 Å². The molecule has 0 aromatic heterocycles. The predicted molar refractivity (Wildman–Crippen MR) is 149 cm³/mol. The lowest BCUT2D eigenvalue weighted by atomic mass is 9.93. The van der Waals surface area contributed by atoms with E-state index in [-0.39, 0.29) is 5.79 Å². The molecule has 4 aliphatic heterocycles. The van der Waals surface area contributed by atoms with Gasteiger partial charge in [0.15, 0.2) is 5.79 Å². The minimum atomic E-state index is -0.326. The smallest absolute Gasteiger partial charge is 0.170 e. The Morgan fingerprint density at radius 3 is 2.32 bits per heavy atom. The minimum Gasteiger partial charge on any atom is -0.456 e. The van der Waals surface area contributed by atoms with Gasteiger partial charge in [-0.2, -0.15) is 0 Å². The van der Waals surface area contributed by atoms with Crippen LogP contribution < -0.4 is 10.3 Å². The Morgan fingerprint density at radius 2 is 1.55 bits per heavy atom. The van der Waals surface area contributed by atoms with Crippen LogP contribution in [0.4, 0.5) is 5.69 Å². The maximum Gasteiger partial charge on any atom is 0.170 e. The third-order valence-electron chi connectivity index (χ3n) is 8.51. The highest BCUT2D eigenvalue weighted by Crippen LogP contribution is 2.41. The first-order valence-corrected chi connectivity index (χ1v) is 14.1. The number of nitrogens with zero attached hydrogens (tertiary/aromatic N) is 2. The molecule has 6 nitrogen and oxygen atoms in total. The van der Waals surface area contributed by atoms with Gasteiger partial charge in [0.05, 0.1) is 18.6 Å². The van der Waals surface area contributed by atoms with Crippen molar-refractivity contribution in [2.45, 2.75) is 44.4 Å². The monoisotopic (exact) mass is 509 g/mol. The first-order valence-electron chi connectivity index (χ1n) is 14.1. The van der Waals surface area contributed by atoms with Gasteiger partial charge in [0, 0.05) is 79.9 Å². The Kier molecular flexibility index (Phi) is 6.19. The lowest BCUT2D eigenvalue weighted by Gasteiger charge is -2.37. The van der Waals surface area contributed by atoms with Crippen molar-refractivity contribution < 1.29 is 13.9 Å². The minimum absolute atomic E-state index is 0.326.